The normalized spacial score (nSPS) is 11.4. The predicted octanol–water partition coefficient (Wildman–Crippen LogP) is 3.94. The van der Waals surface area contributed by atoms with Gasteiger partial charge in [-0.05, 0) is 48.3 Å². The van der Waals surface area contributed by atoms with Crippen LogP contribution in [0.4, 0.5) is 19.0 Å². The Hall–Kier alpha value is -4.03. The molecule has 0 fully saturated rings. The van der Waals surface area contributed by atoms with E-state index in [0.29, 0.717) is 52.0 Å². The first-order valence-electron chi connectivity index (χ1n) is 11.4. The third-order valence-corrected chi connectivity index (χ3v) is 6.13. The Morgan fingerprint density at radius 3 is 2.29 bits per heavy atom. The summed E-state index contributed by atoms with van der Waals surface area (Å²) in [7, 11) is 2.16. The van der Waals surface area contributed by atoms with E-state index in [-0.39, 0.29) is 11.0 Å². The van der Waals surface area contributed by atoms with Crippen molar-refractivity contribution >= 4 is 29.2 Å². The maximum Gasteiger partial charge on any atom is 0.488 e. The maximum atomic E-state index is 13.8. The van der Waals surface area contributed by atoms with Crippen LogP contribution in [0.15, 0.2) is 48.5 Å². The lowest BCUT2D eigenvalue weighted by molar-refractivity contribution is -0.138. The highest BCUT2D eigenvalue weighted by atomic mass is 19.4. The molecule has 198 valence electrons. The smallest absolute Gasteiger partial charge is 0.488 e. The summed E-state index contributed by atoms with van der Waals surface area (Å²) in [6.45, 7) is 2.10. The second-order valence-electron chi connectivity index (χ2n) is 8.45. The number of rotatable bonds is 8. The maximum absolute atomic E-state index is 13.8. The van der Waals surface area contributed by atoms with Crippen molar-refractivity contribution in [2.24, 2.45) is 0 Å². The summed E-state index contributed by atoms with van der Waals surface area (Å²) in [6, 6.07) is 12.4. The molecule has 0 bridgehead atoms. The van der Waals surface area contributed by atoms with Gasteiger partial charge in [0.2, 0.25) is 0 Å². The van der Waals surface area contributed by atoms with Gasteiger partial charge in [-0.2, -0.15) is 18.3 Å². The number of aromatic nitrogens is 2. The Bertz CT molecular complexity index is 1480. The van der Waals surface area contributed by atoms with Crippen molar-refractivity contribution < 1.29 is 37.4 Å². The molecule has 0 atom stereocenters. The molecule has 38 heavy (non-hydrogen) atoms. The van der Waals surface area contributed by atoms with Gasteiger partial charge >= 0.3 is 13.3 Å². The molecule has 0 aliphatic carbocycles. The minimum atomic E-state index is -4.77. The van der Waals surface area contributed by atoms with Crippen molar-refractivity contribution in [3.8, 4) is 28.4 Å². The molecule has 4 aromatic rings. The quantitative estimate of drug-likeness (QED) is 0.296. The van der Waals surface area contributed by atoms with E-state index in [1.54, 1.807) is 45.4 Å². The summed E-state index contributed by atoms with van der Waals surface area (Å²) in [5.41, 5.74) is 0.420. The van der Waals surface area contributed by atoms with Crippen LogP contribution >= 0.6 is 0 Å². The highest BCUT2D eigenvalue weighted by Crippen LogP contribution is 2.42. The van der Waals surface area contributed by atoms with E-state index < -0.39 is 24.6 Å². The first kappa shape index (κ1) is 27.0. The lowest BCUT2D eigenvalue weighted by Crippen LogP contribution is -2.31. The average molecular weight is 527 g/mol. The highest BCUT2D eigenvalue weighted by molar-refractivity contribution is 6.58. The molecule has 1 aromatic heterocycles. The molecule has 3 N–H and O–H groups in total. The SMILES string of the molecule is COc1ccc(CNc2nnc(C)c3cc(-c4cc(B(O)O)cc(C(F)(F)F)c4OC)ccc23)c(OC)c1. The van der Waals surface area contributed by atoms with Crippen LogP contribution in [0.5, 0.6) is 17.2 Å². The number of ether oxygens (including phenoxy) is 3. The lowest BCUT2D eigenvalue weighted by atomic mass is 9.77. The van der Waals surface area contributed by atoms with Gasteiger partial charge in [0.15, 0.2) is 5.82 Å². The van der Waals surface area contributed by atoms with Crippen molar-refractivity contribution in [1.29, 1.82) is 0 Å². The molecule has 0 aliphatic heterocycles. The van der Waals surface area contributed by atoms with E-state index in [1.165, 1.54) is 6.07 Å². The fourth-order valence-electron chi connectivity index (χ4n) is 4.20. The van der Waals surface area contributed by atoms with Crippen LogP contribution in [0.2, 0.25) is 0 Å². The molecule has 0 amide bonds. The third-order valence-electron chi connectivity index (χ3n) is 6.13. The van der Waals surface area contributed by atoms with Crippen LogP contribution in [0.3, 0.4) is 0 Å². The minimum absolute atomic E-state index is 0.0565. The van der Waals surface area contributed by atoms with Gasteiger partial charge in [-0.15, -0.1) is 5.10 Å². The van der Waals surface area contributed by atoms with Crippen LogP contribution in [0, 0.1) is 6.92 Å². The molecule has 0 spiro atoms. The van der Waals surface area contributed by atoms with E-state index in [1.807, 2.05) is 12.1 Å². The number of nitrogens with one attached hydrogen (secondary N) is 1. The van der Waals surface area contributed by atoms with Gasteiger partial charge in [0.25, 0.3) is 0 Å². The van der Waals surface area contributed by atoms with Gasteiger partial charge in [0, 0.05) is 34.5 Å². The Morgan fingerprint density at radius 1 is 0.895 bits per heavy atom. The highest BCUT2D eigenvalue weighted by Gasteiger charge is 2.37. The zero-order chi connectivity index (χ0) is 27.6. The van der Waals surface area contributed by atoms with E-state index in [0.717, 1.165) is 12.7 Å². The Kier molecular flexibility index (Phi) is 7.65. The van der Waals surface area contributed by atoms with E-state index >= 15 is 0 Å². The fourth-order valence-corrected chi connectivity index (χ4v) is 4.20. The van der Waals surface area contributed by atoms with Gasteiger partial charge in [-0.1, -0.05) is 12.1 Å². The third kappa shape index (κ3) is 5.31. The summed E-state index contributed by atoms with van der Waals surface area (Å²) in [5, 5.41) is 32.3. The summed E-state index contributed by atoms with van der Waals surface area (Å²) in [6.07, 6.45) is -4.77. The van der Waals surface area contributed by atoms with E-state index in [4.69, 9.17) is 14.2 Å². The molecule has 0 aliphatic rings. The predicted molar refractivity (Wildman–Crippen MR) is 138 cm³/mol. The summed E-state index contributed by atoms with van der Waals surface area (Å²) < 4.78 is 57.2. The van der Waals surface area contributed by atoms with Crippen LogP contribution in [-0.2, 0) is 12.7 Å². The number of hydrogen-bond acceptors (Lipinski definition) is 8. The number of methoxy groups -OCH3 is 3. The molecular weight excluding hydrogens is 502 g/mol. The van der Waals surface area contributed by atoms with E-state index in [2.05, 4.69) is 15.5 Å². The number of nitrogens with zero attached hydrogens (tertiary/aromatic N) is 2. The molecule has 0 saturated carbocycles. The Labute approximate surface area is 217 Å². The number of benzene rings is 3. The van der Waals surface area contributed by atoms with Crippen LogP contribution in [0.25, 0.3) is 21.9 Å². The number of aryl methyl sites for hydroxylation is 1. The lowest BCUT2D eigenvalue weighted by Gasteiger charge is -2.19. The monoisotopic (exact) mass is 527 g/mol. The zero-order valence-corrected chi connectivity index (χ0v) is 21.1. The number of halogens is 3. The number of hydrogen-bond donors (Lipinski definition) is 3. The van der Waals surface area contributed by atoms with Crippen molar-refractivity contribution in [3.63, 3.8) is 0 Å². The van der Waals surface area contributed by atoms with Crippen LogP contribution < -0.4 is 25.0 Å². The van der Waals surface area contributed by atoms with Gasteiger partial charge in [-0.3, -0.25) is 0 Å². The molecular formula is C26H25BF3N3O5. The summed E-state index contributed by atoms with van der Waals surface area (Å²) in [5.74, 6) is 1.32. The first-order chi connectivity index (χ1) is 18.1. The Morgan fingerprint density at radius 2 is 1.66 bits per heavy atom. The molecule has 12 heteroatoms. The first-order valence-corrected chi connectivity index (χ1v) is 11.4. The molecule has 1 heterocycles. The van der Waals surface area contributed by atoms with Gasteiger partial charge < -0.3 is 29.6 Å². The number of fused-ring (bicyclic) bond motifs is 1. The average Bonchev–Trinajstić information content (AvgIpc) is 2.91. The number of anilines is 1. The van der Waals surface area contributed by atoms with Gasteiger partial charge in [0.1, 0.15) is 17.2 Å². The van der Waals surface area contributed by atoms with Crippen molar-refractivity contribution in [2.45, 2.75) is 19.6 Å². The second kappa shape index (κ2) is 10.8. The standard InChI is InChI=1S/C26H25BF3N3O5/c1-14-20-9-15(21-10-17(27(34)35)11-22(24(21)38-4)26(28,29)30)6-8-19(20)25(33-32-14)31-13-16-5-7-18(36-2)12-23(16)37-3/h5-12,34-35H,13H2,1-4H3,(H,31,33). The molecule has 0 saturated heterocycles. The van der Waals surface area contributed by atoms with Gasteiger partial charge in [-0.25, -0.2) is 0 Å². The largest absolute Gasteiger partial charge is 0.497 e. The van der Waals surface area contributed by atoms with Gasteiger partial charge in [0.05, 0.1) is 32.6 Å². The summed E-state index contributed by atoms with van der Waals surface area (Å²) in [4.78, 5) is 0. The summed E-state index contributed by atoms with van der Waals surface area (Å²) >= 11 is 0. The fraction of sp³-hybridized carbons (Fsp3) is 0.231. The van der Waals surface area contributed by atoms with Crippen molar-refractivity contribution in [1.82, 2.24) is 10.2 Å². The molecule has 8 nitrogen and oxygen atoms in total. The van der Waals surface area contributed by atoms with Crippen LogP contribution in [-0.4, -0.2) is 48.7 Å². The zero-order valence-electron chi connectivity index (χ0n) is 21.1. The molecule has 0 radical (unpaired) electrons. The molecule has 4 rings (SSSR count). The second-order valence-corrected chi connectivity index (χ2v) is 8.45. The molecule has 3 aromatic carbocycles. The number of alkyl halides is 3. The Balaban J connectivity index is 1.78. The van der Waals surface area contributed by atoms with Crippen LogP contribution in [0.1, 0.15) is 16.8 Å². The van der Waals surface area contributed by atoms with Crippen molar-refractivity contribution in [2.75, 3.05) is 26.6 Å². The van der Waals surface area contributed by atoms with E-state index in [9.17, 15) is 23.2 Å². The molecule has 0 unspecified atom stereocenters. The topological polar surface area (TPSA) is 106 Å². The minimum Gasteiger partial charge on any atom is -0.497 e. The van der Waals surface area contributed by atoms with Crippen molar-refractivity contribution in [3.05, 3.63) is 65.4 Å².